The molecule has 1 aliphatic rings. The molecule has 0 aliphatic heterocycles. The van der Waals surface area contributed by atoms with E-state index in [-0.39, 0.29) is 22.7 Å². The molecule has 0 unspecified atom stereocenters. The van der Waals surface area contributed by atoms with Crippen molar-refractivity contribution in [2.75, 3.05) is 12.4 Å². The second-order valence-electron chi connectivity index (χ2n) is 4.65. The number of carbonyl (C=O) groups is 1. The van der Waals surface area contributed by atoms with Crippen molar-refractivity contribution in [1.29, 1.82) is 0 Å². The van der Waals surface area contributed by atoms with Crippen molar-refractivity contribution in [2.24, 2.45) is 5.41 Å². The summed E-state index contributed by atoms with van der Waals surface area (Å²) < 4.78 is 0. The van der Waals surface area contributed by atoms with Crippen LogP contribution in [0.15, 0.2) is 12.3 Å². The van der Waals surface area contributed by atoms with Gasteiger partial charge in [0.05, 0.1) is 11.1 Å². The lowest BCUT2D eigenvalue weighted by Crippen LogP contribution is -2.30. The van der Waals surface area contributed by atoms with Gasteiger partial charge in [0.25, 0.3) is 11.6 Å². The standard InChI is InChI=1S/C11H14ClN3O3/c12-4-3-11(1-2-11)7-14-10(16)9-5-8(6-13-9)15(17)18/h5-6,13H,1-4,7H2,(H,14,16). The van der Waals surface area contributed by atoms with E-state index < -0.39 is 4.92 Å². The Morgan fingerprint density at radius 2 is 2.33 bits per heavy atom. The van der Waals surface area contributed by atoms with Gasteiger partial charge < -0.3 is 10.3 Å². The number of nitrogens with zero attached hydrogens (tertiary/aromatic N) is 1. The molecule has 0 aromatic carbocycles. The van der Waals surface area contributed by atoms with Crippen LogP contribution in [-0.2, 0) is 0 Å². The van der Waals surface area contributed by atoms with E-state index in [9.17, 15) is 14.9 Å². The first-order chi connectivity index (χ1) is 8.56. The number of nitrogens with one attached hydrogen (secondary N) is 2. The maximum atomic E-state index is 11.8. The Bertz CT molecular complexity index is 468. The van der Waals surface area contributed by atoms with E-state index in [0.29, 0.717) is 12.4 Å². The second kappa shape index (κ2) is 4.97. The minimum absolute atomic E-state index is 0.109. The van der Waals surface area contributed by atoms with Gasteiger partial charge in [-0.15, -0.1) is 11.6 Å². The molecular weight excluding hydrogens is 258 g/mol. The van der Waals surface area contributed by atoms with Crippen LogP contribution in [0.3, 0.4) is 0 Å². The lowest BCUT2D eigenvalue weighted by atomic mass is 10.0. The smallest absolute Gasteiger partial charge is 0.287 e. The number of halogens is 1. The highest BCUT2D eigenvalue weighted by atomic mass is 35.5. The van der Waals surface area contributed by atoms with Crippen molar-refractivity contribution in [3.8, 4) is 0 Å². The van der Waals surface area contributed by atoms with Crippen LogP contribution in [0.1, 0.15) is 29.8 Å². The molecular formula is C11H14ClN3O3. The van der Waals surface area contributed by atoms with E-state index in [2.05, 4.69) is 10.3 Å². The third kappa shape index (κ3) is 2.81. The zero-order chi connectivity index (χ0) is 13.2. The van der Waals surface area contributed by atoms with E-state index in [0.717, 1.165) is 19.3 Å². The third-order valence-corrected chi connectivity index (χ3v) is 3.52. The molecule has 1 aliphatic carbocycles. The molecule has 1 fully saturated rings. The van der Waals surface area contributed by atoms with Crippen LogP contribution in [0.4, 0.5) is 5.69 Å². The molecule has 2 N–H and O–H groups in total. The van der Waals surface area contributed by atoms with Crippen molar-refractivity contribution in [2.45, 2.75) is 19.3 Å². The fourth-order valence-electron chi connectivity index (χ4n) is 1.87. The van der Waals surface area contributed by atoms with Gasteiger partial charge in [-0.1, -0.05) is 0 Å². The summed E-state index contributed by atoms with van der Waals surface area (Å²) in [7, 11) is 0. The van der Waals surface area contributed by atoms with E-state index in [1.54, 1.807) is 0 Å². The van der Waals surface area contributed by atoms with Crippen molar-refractivity contribution in [3.05, 3.63) is 28.1 Å². The number of hydrogen-bond donors (Lipinski definition) is 2. The third-order valence-electron chi connectivity index (χ3n) is 3.33. The topological polar surface area (TPSA) is 88.0 Å². The molecule has 0 atom stereocenters. The van der Waals surface area contributed by atoms with E-state index in [1.165, 1.54) is 12.3 Å². The molecule has 1 aromatic rings. The van der Waals surface area contributed by atoms with Gasteiger partial charge in [0.2, 0.25) is 0 Å². The molecule has 2 rings (SSSR count). The Kier molecular flexibility index (Phi) is 3.56. The molecule has 0 spiro atoms. The Morgan fingerprint density at radius 3 is 2.83 bits per heavy atom. The van der Waals surface area contributed by atoms with Gasteiger partial charge >= 0.3 is 0 Å². The Balaban J connectivity index is 1.89. The fraction of sp³-hybridized carbons (Fsp3) is 0.545. The molecule has 0 bridgehead atoms. The van der Waals surface area contributed by atoms with Crippen LogP contribution in [-0.4, -0.2) is 28.2 Å². The van der Waals surface area contributed by atoms with Gasteiger partial charge in [-0.25, -0.2) is 0 Å². The molecule has 7 heteroatoms. The summed E-state index contributed by atoms with van der Waals surface area (Å²) in [5, 5.41) is 13.3. The summed E-state index contributed by atoms with van der Waals surface area (Å²) in [5.41, 5.74) is 0.251. The van der Waals surface area contributed by atoms with Crippen LogP contribution in [0, 0.1) is 15.5 Å². The average Bonchev–Trinajstić information content (AvgIpc) is 2.92. The van der Waals surface area contributed by atoms with Crippen molar-refractivity contribution in [3.63, 3.8) is 0 Å². The summed E-state index contributed by atoms with van der Waals surface area (Å²) in [5.74, 6) is 0.271. The number of aromatic amines is 1. The van der Waals surface area contributed by atoms with Gasteiger partial charge in [-0.05, 0) is 24.7 Å². The average molecular weight is 272 g/mol. The molecule has 1 heterocycles. The summed E-state index contributed by atoms with van der Waals surface area (Å²) in [6.07, 6.45) is 4.25. The van der Waals surface area contributed by atoms with Gasteiger partial charge in [0, 0.05) is 18.5 Å². The summed E-state index contributed by atoms with van der Waals surface area (Å²) >= 11 is 5.70. The number of amides is 1. The number of H-pyrrole nitrogens is 1. The number of rotatable bonds is 6. The number of aromatic nitrogens is 1. The molecule has 1 saturated carbocycles. The largest absolute Gasteiger partial charge is 0.351 e. The van der Waals surface area contributed by atoms with Crippen molar-refractivity contribution in [1.82, 2.24) is 10.3 Å². The molecule has 6 nitrogen and oxygen atoms in total. The lowest BCUT2D eigenvalue weighted by molar-refractivity contribution is -0.384. The van der Waals surface area contributed by atoms with Gasteiger partial charge in [-0.2, -0.15) is 0 Å². The van der Waals surface area contributed by atoms with E-state index >= 15 is 0 Å². The first kappa shape index (κ1) is 12.9. The number of alkyl halides is 1. The SMILES string of the molecule is O=C(NCC1(CCCl)CC1)c1cc([N+](=O)[O-])c[nH]1. The van der Waals surface area contributed by atoms with Gasteiger partial charge in [-0.3, -0.25) is 14.9 Å². The Morgan fingerprint density at radius 1 is 1.61 bits per heavy atom. The van der Waals surface area contributed by atoms with Gasteiger partial charge in [0.15, 0.2) is 0 Å². The number of carbonyl (C=O) groups excluding carboxylic acids is 1. The van der Waals surface area contributed by atoms with Crippen LogP contribution in [0.5, 0.6) is 0 Å². The first-order valence-corrected chi connectivity index (χ1v) is 6.27. The van der Waals surface area contributed by atoms with Crippen LogP contribution in [0.2, 0.25) is 0 Å². The summed E-state index contributed by atoms with van der Waals surface area (Å²) in [6.45, 7) is 0.575. The van der Waals surface area contributed by atoms with Crippen molar-refractivity contribution < 1.29 is 9.72 Å². The molecule has 1 aromatic heterocycles. The quantitative estimate of drug-likeness (QED) is 0.471. The minimum Gasteiger partial charge on any atom is -0.351 e. The van der Waals surface area contributed by atoms with Crippen LogP contribution >= 0.6 is 11.6 Å². The second-order valence-corrected chi connectivity index (χ2v) is 5.03. The van der Waals surface area contributed by atoms with E-state index in [4.69, 9.17) is 11.6 Å². The lowest BCUT2D eigenvalue weighted by Gasteiger charge is -2.13. The molecule has 0 radical (unpaired) electrons. The highest BCUT2D eigenvalue weighted by Crippen LogP contribution is 2.48. The number of nitro groups is 1. The zero-order valence-corrected chi connectivity index (χ0v) is 10.5. The first-order valence-electron chi connectivity index (χ1n) is 5.73. The molecule has 18 heavy (non-hydrogen) atoms. The maximum absolute atomic E-state index is 11.8. The molecule has 98 valence electrons. The predicted molar refractivity (Wildman–Crippen MR) is 66.8 cm³/mol. The highest BCUT2D eigenvalue weighted by Gasteiger charge is 2.41. The normalized spacial score (nSPS) is 16.3. The Hall–Kier alpha value is -1.56. The van der Waals surface area contributed by atoms with Crippen LogP contribution < -0.4 is 5.32 Å². The van der Waals surface area contributed by atoms with Gasteiger partial charge in [0.1, 0.15) is 5.69 Å². The predicted octanol–water partition coefficient (Wildman–Crippen LogP) is 2.06. The fourth-order valence-corrected chi connectivity index (χ4v) is 2.28. The van der Waals surface area contributed by atoms with Crippen molar-refractivity contribution >= 4 is 23.2 Å². The molecule has 0 saturated heterocycles. The van der Waals surface area contributed by atoms with Crippen LogP contribution in [0.25, 0.3) is 0 Å². The highest BCUT2D eigenvalue weighted by molar-refractivity contribution is 6.17. The maximum Gasteiger partial charge on any atom is 0.287 e. The molecule has 1 amide bonds. The summed E-state index contributed by atoms with van der Waals surface area (Å²) in [4.78, 5) is 24.3. The van der Waals surface area contributed by atoms with E-state index in [1.807, 2.05) is 0 Å². The minimum atomic E-state index is -0.539. The monoisotopic (exact) mass is 271 g/mol. The Labute approximate surface area is 109 Å². The summed E-state index contributed by atoms with van der Waals surface area (Å²) in [6, 6.07) is 1.23. The zero-order valence-electron chi connectivity index (χ0n) is 9.74. The number of hydrogen-bond acceptors (Lipinski definition) is 3.